The number of nitrogens with one attached hydrogen (secondary N) is 2. The van der Waals surface area contributed by atoms with Crippen LogP contribution in [0, 0.1) is 5.82 Å². The molecule has 3 rings (SSSR count). The van der Waals surface area contributed by atoms with Gasteiger partial charge in [0.25, 0.3) is 0 Å². The second-order valence-electron chi connectivity index (χ2n) is 9.78. The molecule has 2 aromatic rings. The van der Waals surface area contributed by atoms with Gasteiger partial charge in [0.15, 0.2) is 0 Å². The molecule has 0 aliphatic carbocycles. The first-order chi connectivity index (χ1) is 20.8. The molecule has 10 nitrogen and oxygen atoms in total. The summed E-state index contributed by atoms with van der Waals surface area (Å²) in [6.45, 7) is 14.9. The van der Waals surface area contributed by atoms with Gasteiger partial charge in [-0.1, -0.05) is 27.2 Å². The van der Waals surface area contributed by atoms with Crippen LogP contribution in [0.1, 0.15) is 55.1 Å². The Kier molecular flexibility index (Phi) is 22.9. The third-order valence-corrected chi connectivity index (χ3v) is 6.09. The van der Waals surface area contributed by atoms with Crippen molar-refractivity contribution in [3.8, 4) is 0 Å². The van der Waals surface area contributed by atoms with Gasteiger partial charge in [-0.25, -0.2) is 4.39 Å². The van der Waals surface area contributed by atoms with E-state index in [9.17, 15) is 14.0 Å². The van der Waals surface area contributed by atoms with Crippen molar-refractivity contribution < 1.29 is 14.0 Å². The monoisotopic (exact) mass is 600 g/mol. The lowest BCUT2D eigenvalue weighted by molar-refractivity contribution is -0.108. The summed E-state index contributed by atoms with van der Waals surface area (Å²) in [5.74, 6) is -0.251. The Balaban J connectivity index is 0.00000113. The average molecular weight is 601 g/mol. The van der Waals surface area contributed by atoms with Gasteiger partial charge in [-0.2, -0.15) is 5.10 Å². The van der Waals surface area contributed by atoms with Crippen LogP contribution in [0.15, 0.2) is 46.3 Å². The van der Waals surface area contributed by atoms with Crippen molar-refractivity contribution >= 4 is 31.2 Å². The van der Waals surface area contributed by atoms with Crippen LogP contribution in [0.5, 0.6) is 0 Å². The molecule has 11 heteroatoms. The summed E-state index contributed by atoms with van der Waals surface area (Å²) in [4.78, 5) is 34.5. The van der Waals surface area contributed by atoms with Gasteiger partial charge in [-0.05, 0) is 83.0 Å². The zero-order valence-corrected chi connectivity index (χ0v) is 27.3. The fraction of sp³-hybridized carbons (Fsp3) is 0.531. The summed E-state index contributed by atoms with van der Waals surface area (Å²) in [7, 11) is 8.10. The van der Waals surface area contributed by atoms with E-state index >= 15 is 0 Å². The fourth-order valence-corrected chi connectivity index (χ4v) is 3.87. The van der Waals surface area contributed by atoms with Crippen LogP contribution in [0.3, 0.4) is 0 Å². The maximum atomic E-state index is 14.7. The molecule has 1 saturated heterocycles. The molecule has 0 spiro atoms. The number of likely N-dealkylation sites (N-methyl/N-ethyl adjacent to an activating group) is 2. The molecule has 0 atom stereocenters. The van der Waals surface area contributed by atoms with Crippen molar-refractivity contribution in [2.75, 3.05) is 66.4 Å². The number of anilines is 1. The molecule has 1 aliphatic heterocycles. The average Bonchev–Trinajstić information content (AvgIpc) is 3.46. The van der Waals surface area contributed by atoms with Gasteiger partial charge in [0.1, 0.15) is 25.1 Å². The van der Waals surface area contributed by atoms with Crippen molar-refractivity contribution in [2.45, 2.75) is 53.0 Å². The molecule has 1 aliphatic rings. The molecular formula is C32H53FN8O2. The number of benzene rings is 1. The van der Waals surface area contributed by atoms with Crippen LogP contribution >= 0.6 is 0 Å². The van der Waals surface area contributed by atoms with Crippen LogP contribution in [0.4, 0.5) is 10.1 Å². The number of nitrogens with zero attached hydrogens (tertiary/aromatic N) is 6. The highest BCUT2D eigenvalue weighted by Crippen LogP contribution is 2.20. The summed E-state index contributed by atoms with van der Waals surface area (Å²) >= 11 is 0. The molecule has 0 radical (unpaired) electrons. The van der Waals surface area contributed by atoms with Gasteiger partial charge in [-0.15, -0.1) is 0 Å². The first-order valence-electron chi connectivity index (χ1n) is 14.9. The summed E-state index contributed by atoms with van der Waals surface area (Å²) in [6.07, 6.45) is 10.4. The molecule has 1 aromatic carbocycles. The predicted molar refractivity (Wildman–Crippen MR) is 178 cm³/mol. The van der Waals surface area contributed by atoms with Crippen molar-refractivity contribution in [1.29, 1.82) is 0 Å². The van der Waals surface area contributed by atoms with E-state index in [1.165, 1.54) is 30.9 Å². The number of hydrogen-bond donors (Lipinski definition) is 2. The maximum absolute atomic E-state index is 14.7. The Morgan fingerprint density at radius 2 is 1.65 bits per heavy atom. The SMILES string of the molecule is C=N/C=C(\C=N/CNc1cnn(CC=O)c1)CCc1cc(C=O)cc(CCC)c1F.CC.CN1CCN(C)CC1.CNC. The highest BCUT2D eigenvalue weighted by atomic mass is 19.1. The summed E-state index contributed by atoms with van der Waals surface area (Å²) < 4.78 is 16.2. The maximum Gasteiger partial charge on any atom is 0.150 e. The quantitative estimate of drug-likeness (QED) is 0.260. The highest BCUT2D eigenvalue weighted by Gasteiger charge is 2.11. The van der Waals surface area contributed by atoms with Crippen molar-refractivity contribution in [3.05, 3.63) is 58.8 Å². The molecule has 43 heavy (non-hydrogen) atoms. The standard InChI is InChI=1S/C22H26FN5O2.C6H14N2.C2H7N.C2H6/c1-3-4-19-9-18(15-30)10-20(22(19)23)6-5-17(11-24-2)12-25-16-26-21-13-27-28(14-21)7-8-29;1-7-3-5-8(2)6-4-7;1-3-2;1-2/h8-15,26H,2-7,16H2,1H3;3-6H2,1-2H3;3H,1-2H3;1-2H3/b17-11-,25-12-;;;. The van der Waals surface area contributed by atoms with E-state index in [-0.39, 0.29) is 12.4 Å². The minimum atomic E-state index is -0.251. The number of piperazine rings is 1. The first kappa shape index (κ1) is 39.5. The fourth-order valence-electron chi connectivity index (χ4n) is 3.87. The molecule has 2 N–H and O–H groups in total. The van der Waals surface area contributed by atoms with E-state index in [1.54, 1.807) is 36.9 Å². The summed E-state index contributed by atoms with van der Waals surface area (Å²) in [6, 6.07) is 3.21. The van der Waals surface area contributed by atoms with Crippen molar-refractivity contribution in [3.63, 3.8) is 0 Å². The largest absolute Gasteiger partial charge is 0.364 e. The molecule has 0 bridgehead atoms. The number of aromatic nitrogens is 2. The third kappa shape index (κ3) is 17.2. The molecule has 1 aromatic heterocycles. The Labute approximate surface area is 258 Å². The minimum absolute atomic E-state index is 0.199. The van der Waals surface area contributed by atoms with E-state index < -0.39 is 0 Å². The Hall–Kier alpha value is -3.54. The first-order valence-corrected chi connectivity index (χ1v) is 14.9. The van der Waals surface area contributed by atoms with Crippen molar-refractivity contribution in [1.82, 2.24) is 24.9 Å². The second kappa shape index (κ2) is 25.0. The van der Waals surface area contributed by atoms with Gasteiger partial charge < -0.3 is 25.2 Å². The van der Waals surface area contributed by atoms with Gasteiger partial charge in [0, 0.05) is 50.4 Å². The normalized spacial score (nSPS) is 13.5. The van der Waals surface area contributed by atoms with E-state index in [0.29, 0.717) is 42.6 Å². The summed E-state index contributed by atoms with van der Waals surface area (Å²) in [5.41, 5.74) is 3.09. The van der Waals surface area contributed by atoms with E-state index in [4.69, 9.17) is 0 Å². The van der Waals surface area contributed by atoms with E-state index in [2.05, 4.69) is 56.3 Å². The van der Waals surface area contributed by atoms with E-state index in [1.807, 2.05) is 34.9 Å². The number of aliphatic imine (C=N–C) groups is 2. The molecule has 0 unspecified atom stereocenters. The zero-order chi connectivity index (χ0) is 32.5. The van der Waals surface area contributed by atoms with Crippen LogP contribution in [0.2, 0.25) is 0 Å². The van der Waals surface area contributed by atoms with Crippen LogP contribution < -0.4 is 10.6 Å². The van der Waals surface area contributed by atoms with Gasteiger partial charge in [-0.3, -0.25) is 19.5 Å². The van der Waals surface area contributed by atoms with Crippen LogP contribution in [-0.2, 0) is 24.2 Å². The van der Waals surface area contributed by atoms with Gasteiger partial charge >= 0.3 is 0 Å². The Bertz CT molecular complexity index is 1100. The number of carbonyl (C=O) groups is 2. The molecular weight excluding hydrogens is 547 g/mol. The van der Waals surface area contributed by atoms with E-state index in [0.717, 1.165) is 30.3 Å². The highest BCUT2D eigenvalue weighted by molar-refractivity contribution is 5.79. The molecule has 2 heterocycles. The number of rotatable bonds is 13. The molecule has 0 saturated carbocycles. The lowest BCUT2D eigenvalue weighted by Gasteiger charge is -2.28. The number of aryl methyl sites for hydroxylation is 2. The number of aldehydes is 2. The zero-order valence-electron chi connectivity index (χ0n) is 27.3. The van der Waals surface area contributed by atoms with Crippen LogP contribution in [0.25, 0.3) is 0 Å². The molecule has 0 amide bonds. The number of carbonyl (C=O) groups excluding carboxylic acids is 2. The van der Waals surface area contributed by atoms with Gasteiger partial charge in [0.2, 0.25) is 0 Å². The molecule has 240 valence electrons. The Morgan fingerprint density at radius 3 is 2.16 bits per heavy atom. The van der Waals surface area contributed by atoms with Crippen molar-refractivity contribution in [2.24, 2.45) is 9.98 Å². The Morgan fingerprint density at radius 1 is 1.07 bits per heavy atom. The van der Waals surface area contributed by atoms with Crippen LogP contribution in [-0.4, -0.2) is 106 Å². The number of hydrogen-bond acceptors (Lipinski definition) is 9. The minimum Gasteiger partial charge on any atom is -0.364 e. The number of allylic oxidation sites excluding steroid dienone is 1. The topological polar surface area (TPSA) is 107 Å². The smallest absolute Gasteiger partial charge is 0.150 e. The second-order valence-corrected chi connectivity index (χ2v) is 9.78. The third-order valence-electron chi connectivity index (χ3n) is 6.09. The lowest BCUT2D eigenvalue weighted by Crippen LogP contribution is -2.42. The predicted octanol–water partition coefficient (Wildman–Crippen LogP) is 4.37. The number of halogens is 1. The van der Waals surface area contributed by atoms with Gasteiger partial charge in [0.05, 0.1) is 18.4 Å². The lowest BCUT2D eigenvalue weighted by atomic mass is 9.97. The molecule has 1 fully saturated rings. The summed E-state index contributed by atoms with van der Waals surface area (Å²) in [5, 5.41) is 9.85.